The first kappa shape index (κ1) is 29.2. The van der Waals surface area contributed by atoms with Crippen LogP contribution in [0.5, 0.6) is 0 Å². The normalized spacial score (nSPS) is 12.1. The summed E-state index contributed by atoms with van der Waals surface area (Å²) >= 11 is 0. The zero-order chi connectivity index (χ0) is 24.5. The van der Waals surface area contributed by atoms with Crippen molar-refractivity contribution in [3.63, 3.8) is 0 Å². The van der Waals surface area contributed by atoms with E-state index in [0.717, 1.165) is 36.8 Å². The van der Waals surface area contributed by atoms with Crippen LogP contribution in [0.2, 0.25) is 0 Å². The van der Waals surface area contributed by atoms with Gasteiger partial charge < -0.3 is 10.2 Å². The van der Waals surface area contributed by atoms with Gasteiger partial charge in [0.15, 0.2) is 0 Å². The average molecular weight is 461 g/mol. The molecular formula is C29H48O4. The second-order valence-electron chi connectivity index (χ2n) is 9.68. The summed E-state index contributed by atoms with van der Waals surface area (Å²) in [4.78, 5) is 23.4. The van der Waals surface area contributed by atoms with Crippen molar-refractivity contribution in [1.29, 1.82) is 0 Å². The molecule has 1 atom stereocenters. The van der Waals surface area contributed by atoms with E-state index in [0.29, 0.717) is 0 Å². The molecule has 1 unspecified atom stereocenters. The number of aryl methyl sites for hydroxylation is 1. The summed E-state index contributed by atoms with van der Waals surface area (Å²) in [6.45, 7) is 6.27. The lowest BCUT2D eigenvalue weighted by Crippen LogP contribution is -2.15. The standard InChI is InChI=1S/C29H48O4/c1-4-6-7-8-9-10-11-12-13-14-15-16-17-18-19-20-24-21-22-25(28(30)31)27(29(32)33)26(24)23(3)5-2/h21-23H,4-20H2,1-3H3,(H,30,31)(H,32,33). The molecule has 0 fully saturated rings. The first-order valence-electron chi connectivity index (χ1n) is 13.6. The molecule has 2 N–H and O–H groups in total. The lowest BCUT2D eigenvalue weighted by molar-refractivity contribution is 0.0650. The maximum atomic E-state index is 11.9. The summed E-state index contributed by atoms with van der Waals surface area (Å²) < 4.78 is 0. The van der Waals surface area contributed by atoms with Crippen LogP contribution in [0.4, 0.5) is 0 Å². The van der Waals surface area contributed by atoms with Crippen LogP contribution in [-0.4, -0.2) is 22.2 Å². The smallest absolute Gasteiger partial charge is 0.336 e. The molecule has 0 aliphatic carbocycles. The lowest BCUT2D eigenvalue weighted by atomic mass is 9.84. The Balaban J connectivity index is 2.31. The Kier molecular flexibility index (Phi) is 15.6. The summed E-state index contributed by atoms with van der Waals surface area (Å²) in [5.41, 5.74) is 1.60. The Labute approximate surface area is 202 Å². The highest BCUT2D eigenvalue weighted by atomic mass is 16.4. The third kappa shape index (κ3) is 11.2. The first-order chi connectivity index (χ1) is 15.9. The largest absolute Gasteiger partial charge is 0.478 e. The molecule has 0 bridgehead atoms. The van der Waals surface area contributed by atoms with Crippen LogP contribution < -0.4 is 0 Å². The Hall–Kier alpha value is -1.84. The summed E-state index contributed by atoms with van der Waals surface area (Å²) in [6.07, 6.45) is 21.4. The minimum atomic E-state index is -1.17. The molecule has 1 aromatic rings. The van der Waals surface area contributed by atoms with Crippen molar-refractivity contribution in [3.8, 4) is 0 Å². The van der Waals surface area contributed by atoms with Gasteiger partial charge in [-0.05, 0) is 42.4 Å². The van der Waals surface area contributed by atoms with Gasteiger partial charge in [-0.15, -0.1) is 0 Å². The molecule has 4 heteroatoms. The molecule has 0 heterocycles. The minimum Gasteiger partial charge on any atom is -0.478 e. The maximum Gasteiger partial charge on any atom is 0.336 e. The van der Waals surface area contributed by atoms with Crippen molar-refractivity contribution < 1.29 is 19.8 Å². The number of hydrogen-bond donors (Lipinski definition) is 2. The van der Waals surface area contributed by atoms with Gasteiger partial charge in [-0.2, -0.15) is 0 Å². The zero-order valence-corrected chi connectivity index (χ0v) is 21.5. The number of aromatic carboxylic acids is 2. The van der Waals surface area contributed by atoms with Crippen LogP contribution in [0.25, 0.3) is 0 Å². The molecule has 0 radical (unpaired) electrons. The second kappa shape index (κ2) is 17.6. The molecule has 33 heavy (non-hydrogen) atoms. The van der Waals surface area contributed by atoms with E-state index in [1.807, 2.05) is 19.9 Å². The molecule has 0 aromatic heterocycles. The van der Waals surface area contributed by atoms with E-state index in [4.69, 9.17) is 0 Å². The molecule has 0 saturated heterocycles. The predicted octanol–water partition coefficient (Wildman–Crippen LogP) is 9.01. The fourth-order valence-electron chi connectivity index (χ4n) is 4.74. The first-order valence-corrected chi connectivity index (χ1v) is 13.6. The van der Waals surface area contributed by atoms with Gasteiger partial charge in [-0.1, -0.05) is 117 Å². The van der Waals surface area contributed by atoms with Crippen molar-refractivity contribution in [1.82, 2.24) is 0 Å². The van der Waals surface area contributed by atoms with Gasteiger partial charge in [-0.3, -0.25) is 0 Å². The third-order valence-electron chi connectivity index (χ3n) is 6.93. The molecule has 0 aliphatic heterocycles. The third-order valence-corrected chi connectivity index (χ3v) is 6.93. The van der Waals surface area contributed by atoms with E-state index in [1.165, 1.54) is 89.5 Å². The highest BCUT2D eigenvalue weighted by Gasteiger charge is 2.25. The molecule has 0 aliphatic rings. The van der Waals surface area contributed by atoms with Gasteiger partial charge in [-0.25, -0.2) is 9.59 Å². The van der Waals surface area contributed by atoms with E-state index < -0.39 is 11.9 Å². The molecule has 0 amide bonds. The fourth-order valence-corrected chi connectivity index (χ4v) is 4.74. The van der Waals surface area contributed by atoms with Crippen molar-refractivity contribution in [2.75, 3.05) is 0 Å². The fraction of sp³-hybridized carbons (Fsp3) is 0.724. The van der Waals surface area contributed by atoms with Crippen LogP contribution in [0.1, 0.15) is 161 Å². The molecule has 188 valence electrons. The summed E-state index contributed by atoms with van der Waals surface area (Å²) in [5, 5.41) is 19.1. The Bertz CT molecular complexity index is 695. The molecule has 0 spiro atoms. The molecule has 1 rings (SSSR count). The molecule has 1 aromatic carbocycles. The number of carboxylic acids is 2. The van der Waals surface area contributed by atoms with Crippen LogP contribution >= 0.6 is 0 Å². The zero-order valence-electron chi connectivity index (χ0n) is 21.5. The highest BCUT2D eigenvalue weighted by Crippen LogP contribution is 2.31. The van der Waals surface area contributed by atoms with Crippen molar-refractivity contribution in [2.24, 2.45) is 0 Å². The van der Waals surface area contributed by atoms with Gasteiger partial charge in [0.2, 0.25) is 0 Å². The maximum absolute atomic E-state index is 11.9. The topological polar surface area (TPSA) is 74.6 Å². The van der Waals surface area contributed by atoms with Crippen LogP contribution in [0, 0.1) is 0 Å². The van der Waals surface area contributed by atoms with Gasteiger partial charge in [0, 0.05) is 0 Å². The molecule has 0 saturated carbocycles. The van der Waals surface area contributed by atoms with E-state index in [1.54, 1.807) is 0 Å². The Morgan fingerprint density at radius 1 is 0.697 bits per heavy atom. The van der Waals surface area contributed by atoms with Gasteiger partial charge in [0.05, 0.1) is 11.1 Å². The summed E-state index contributed by atoms with van der Waals surface area (Å²) in [5.74, 6) is -2.28. The van der Waals surface area contributed by atoms with Crippen molar-refractivity contribution in [2.45, 2.75) is 136 Å². The van der Waals surface area contributed by atoms with Crippen LogP contribution in [0.3, 0.4) is 0 Å². The van der Waals surface area contributed by atoms with Crippen molar-refractivity contribution >= 4 is 11.9 Å². The lowest BCUT2D eigenvalue weighted by Gasteiger charge is -2.19. The Morgan fingerprint density at radius 3 is 1.55 bits per heavy atom. The number of benzene rings is 1. The number of carboxylic acid groups (broad SMARTS) is 2. The van der Waals surface area contributed by atoms with E-state index in [-0.39, 0.29) is 17.0 Å². The minimum absolute atomic E-state index is 0.0182. The predicted molar refractivity (Wildman–Crippen MR) is 138 cm³/mol. The number of unbranched alkanes of at least 4 members (excludes halogenated alkanes) is 14. The quantitative estimate of drug-likeness (QED) is 0.190. The van der Waals surface area contributed by atoms with Crippen LogP contribution in [-0.2, 0) is 6.42 Å². The van der Waals surface area contributed by atoms with E-state index >= 15 is 0 Å². The summed E-state index contributed by atoms with van der Waals surface area (Å²) in [6, 6.07) is 3.30. The van der Waals surface area contributed by atoms with Crippen LogP contribution in [0.15, 0.2) is 12.1 Å². The van der Waals surface area contributed by atoms with Gasteiger partial charge in [0.25, 0.3) is 0 Å². The Morgan fingerprint density at radius 2 is 1.15 bits per heavy atom. The average Bonchev–Trinajstić information content (AvgIpc) is 2.80. The summed E-state index contributed by atoms with van der Waals surface area (Å²) in [7, 11) is 0. The highest BCUT2D eigenvalue weighted by molar-refractivity contribution is 6.03. The monoisotopic (exact) mass is 460 g/mol. The number of carbonyl (C=O) groups is 2. The molecule has 4 nitrogen and oxygen atoms in total. The van der Waals surface area contributed by atoms with Gasteiger partial charge in [0.1, 0.15) is 0 Å². The number of rotatable bonds is 20. The SMILES string of the molecule is CCCCCCCCCCCCCCCCCc1ccc(C(=O)O)c(C(=O)O)c1C(C)CC. The van der Waals surface area contributed by atoms with Gasteiger partial charge >= 0.3 is 11.9 Å². The van der Waals surface area contributed by atoms with E-state index in [9.17, 15) is 19.8 Å². The second-order valence-corrected chi connectivity index (χ2v) is 9.68. The van der Waals surface area contributed by atoms with E-state index in [2.05, 4.69) is 6.92 Å². The molecular weight excluding hydrogens is 412 g/mol. The number of hydrogen-bond acceptors (Lipinski definition) is 2. The van der Waals surface area contributed by atoms with Crippen molar-refractivity contribution in [3.05, 3.63) is 34.4 Å².